The molecule has 0 aliphatic heterocycles. The van der Waals surface area contributed by atoms with Crippen LogP contribution < -0.4 is 11.1 Å². The zero-order valence-corrected chi connectivity index (χ0v) is 10.3. The third-order valence-corrected chi connectivity index (χ3v) is 3.30. The number of aliphatic hydroxyl groups is 1. The van der Waals surface area contributed by atoms with Crippen LogP contribution in [0.5, 0.6) is 0 Å². The quantitative estimate of drug-likeness (QED) is 0.712. The van der Waals surface area contributed by atoms with Gasteiger partial charge in [0.25, 0.3) is 0 Å². The van der Waals surface area contributed by atoms with Crippen LogP contribution in [0.3, 0.4) is 0 Å². The summed E-state index contributed by atoms with van der Waals surface area (Å²) in [5.41, 5.74) is 4.70. The van der Waals surface area contributed by atoms with Crippen LogP contribution in [0.25, 0.3) is 0 Å². The Morgan fingerprint density at radius 1 is 1.67 bits per heavy atom. The van der Waals surface area contributed by atoms with E-state index in [0.717, 1.165) is 11.4 Å². The van der Waals surface area contributed by atoms with Crippen molar-refractivity contribution in [3.8, 4) is 0 Å². The predicted octanol–water partition coefficient (Wildman–Crippen LogP) is 1.32. The lowest BCUT2D eigenvalue weighted by Crippen LogP contribution is -2.30. The second kappa shape index (κ2) is 4.92. The van der Waals surface area contributed by atoms with E-state index >= 15 is 0 Å². The Balaban J connectivity index is 2.51. The molecule has 1 aromatic rings. The molecule has 1 unspecified atom stereocenters. The number of nitrogens with two attached hydrogens (primary N) is 1. The van der Waals surface area contributed by atoms with Gasteiger partial charge in [0.15, 0.2) is 5.13 Å². The van der Waals surface area contributed by atoms with Crippen molar-refractivity contribution in [1.29, 1.82) is 0 Å². The first kappa shape index (κ1) is 12.4. The smallest absolute Gasteiger partial charge is 0.180 e. The molecule has 0 saturated carbocycles. The third-order valence-electron chi connectivity index (χ3n) is 2.22. The number of hydrogen-bond donors (Lipinski definition) is 3. The van der Waals surface area contributed by atoms with E-state index in [-0.39, 0.29) is 0 Å². The maximum atomic E-state index is 10.2. The summed E-state index contributed by atoms with van der Waals surface area (Å²) < 4.78 is 0. The monoisotopic (exact) mass is 229 g/mol. The molecule has 4 nitrogen and oxygen atoms in total. The topological polar surface area (TPSA) is 71.2 Å². The summed E-state index contributed by atoms with van der Waals surface area (Å²) in [6.45, 7) is 6.74. The number of hydrogen-bond acceptors (Lipinski definition) is 5. The Morgan fingerprint density at radius 3 is 2.80 bits per heavy atom. The maximum Gasteiger partial charge on any atom is 0.180 e. The summed E-state index contributed by atoms with van der Waals surface area (Å²) in [4.78, 5) is 4.77. The van der Waals surface area contributed by atoms with E-state index in [2.05, 4.69) is 24.1 Å². The van der Waals surface area contributed by atoms with Crippen molar-refractivity contribution in [2.45, 2.75) is 38.8 Å². The summed E-state index contributed by atoms with van der Waals surface area (Å²) in [5, 5.41) is 14.0. The number of nitrogen functional groups attached to an aromatic ring is 1. The van der Waals surface area contributed by atoms with Gasteiger partial charge in [0, 0.05) is 12.2 Å². The summed E-state index contributed by atoms with van der Waals surface area (Å²) >= 11 is 1.34. The molecule has 4 N–H and O–H groups in total. The molecule has 0 aromatic carbocycles. The Hall–Kier alpha value is -0.650. The van der Waals surface area contributed by atoms with Gasteiger partial charge in [0.05, 0.1) is 10.5 Å². The minimum Gasteiger partial charge on any atom is -0.385 e. The van der Waals surface area contributed by atoms with Crippen molar-refractivity contribution in [3.05, 3.63) is 11.1 Å². The molecule has 1 heterocycles. The van der Waals surface area contributed by atoms with E-state index in [1.165, 1.54) is 11.3 Å². The molecule has 15 heavy (non-hydrogen) atoms. The first-order valence-electron chi connectivity index (χ1n) is 5.09. The zero-order valence-electron chi connectivity index (χ0n) is 9.45. The molecule has 0 fully saturated rings. The van der Waals surface area contributed by atoms with E-state index in [1.807, 2.05) is 0 Å². The van der Waals surface area contributed by atoms with Gasteiger partial charge in [0.1, 0.15) is 0 Å². The van der Waals surface area contributed by atoms with Crippen LogP contribution in [0, 0.1) is 0 Å². The SMILES string of the molecule is CC(C)NCCC(C)(O)c1cnc(N)s1. The first-order chi connectivity index (χ1) is 6.92. The van der Waals surface area contributed by atoms with Gasteiger partial charge < -0.3 is 16.2 Å². The van der Waals surface area contributed by atoms with E-state index in [0.29, 0.717) is 17.6 Å². The van der Waals surface area contributed by atoms with Crippen LogP contribution >= 0.6 is 11.3 Å². The van der Waals surface area contributed by atoms with Gasteiger partial charge in [-0.25, -0.2) is 4.98 Å². The normalized spacial score (nSPS) is 15.5. The maximum absolute atomic E-state index is 10.2. The van der Waals surface area contributed by atoms with Crippen molar-refractivity contribution in [2.24, 2.45) is 0 Å². The van der Waals surface area contributed by atoms with Crippen molar-refractivity contribution >= 4 is 16.5 Å². The van der Waals surface area contributed by atoms with Crippen LogP contribution in [-0.4, -0.2) is 22.7 Å². The molecule has 1 atom stereocenters. The minimum absolute atomic E-state index is 0.437. The van der Waals surface area contributed by atoms with Crippen LogP contribution in [0.4, 0.5) is 5.13 Å². The lowest BCUT2D eigenvalue weighted by molar-refractivity contribution is 0.0511. The van der Waals surface area contributed by atoms with Crippen LogP contribution in [-0.2, 0) is 5.60 Å². The largest absolute Gasteiger partial charge is 0.385 e. The van der Waals surface area contributed by atoms with Gasteiger partial charge in [-0.3, -0.25) is 0 Å². The van der Waals surface area contributed by atoms with Crippen molar-refractivity contribution in [1.82, 2.24) is 10.3 Å². The zero-order chi connectivity index (χ0) is 11.5. The molecule has 1 rings (SSSR count). The molecule has 0 aliphatic rings. The van der Waals surface area contributed by atoms with Crippen LogP contribution in [0.1, 0.15) is 32.1 Å². The highest BCUT2D eigenvalue weighted by Crippen LogP contribution is 2.29. The number of nitrogens with one attached hydrogen (secondary N) is 1. The Kier molecular flexibility index (Phi) is 4.07. The lowest BCUT2D eigenvalue weighted by Gasteiger charge is -2.22. The summed E-state index contributed by atoms with van der Waals surface area (Å²) in [6, 6.07) is 0.437. The highest BCUT2D eigenvalue weighted by atomic mass is 32.1. The molecule has 1 aromatic heterocycles. The third kappa shape index (κ3) is 3.77. The molecule has 0 radical (unpaired) electrons. The molecule has 0 saturated heterocycles. The molecule has 5 heteroatoms. The Morgan fingerprint density at radius 2 is 2.33 bits per heavy atom. The van der Waals surface area contributed by atoms with Crippen molar-refractivity contribution < 1.29 is 5.11 Å². The predicted molar refractivity (Wildman–Crippen MR) is 63.9 cm³/mol. The average molecular weight is 229 g/mol. The molecule has 0 aliphatic carbocycles. The van der Waals surface area contributed by atoms with E-state index in [4.69, 9.17) is 5.73 Å². The Labute approximate surface area is 94.5 Å². The number of nitrogens with zero attached hydrogens (tertiary/aromatic N) is 1. The van der Waals surface area contributed by atoms with Crippen LogP contribution in [0.15, 0.2) is 6.20 Å². The molecule has 0 spiro atoms. The molecule has 86 valence electrons. The first-order valence-corrected chi connectivity index (χ1v) is 5.91. The summed E-state index contributed by atoms with van der Waals surface area (Å²) in [5.74, 6) is 0. The fourth-order valence-corrected chi connectivity index (χ4v) is 2.02. The van der Waals surface area contributed by atoms with Gasteiger partial charge in [-0.2, -0.15) is 0 Å². The number of thiazole rings is 1. The standard InChI is InChI=1S/C10H19N3OS/c1-7(2)12-5-4-10(3,14)8-6-13-9(11)15-8/h6-7,12,14H,4-5H2,1-3H3,(H2,11,13). The summed E-state index contributed by atoms with van der Waals surface area (Å²) in [7, 11) is 0. The van der Waals surface area contributed by atoms with Gasteiger partial charge in [-0.15, -0.1) is 0 Å². The van der Waals surface area contributed by atoms with Crippen molar-refractivity contribution in [2.75, 3.05) is 12.3 Å². The second-order valence-corrected chi connectivity index (χ2v) is 5.26. The fraction of sp³-hybridized carbons (Fsp3) is 0.700. The lowest BCUT2D eigenvalue weighted by atomic mass is 10.0. The molecule has 0 amide bonds. The fourth-order valence-electron chi connectivity index (χ4n) is 1.26. The highest BCUT2D eigenvalue weighted by molar-refractivity contribution is 7.15. The van der Waals surface area contributed by atoms with Gasteiger partial charge in [-0.05, 0) is 19.9 Å². The number of rotatable bonds is 5. The van der Waals surface area contributed by atoms with Gasteiger partial charge >= 0.3 is 0 Å². The Bertz CT molecular complexity index is 309. The molecule has 0 bridgehead atoms. The summed E-state index contributed by atoms with van der Waals surface area (Å²) in [6.07, 6.45) is 2.31. The van der Waals surface area contributed by atoms with E-state index in [1.54, 1.807) is 13.1 Å². The van der Waals surface area contributed by atoms with Gasteiger partial charge in [-0.1, -0.05) is 25.2 Å². The van der Waals surface area contributed by atoms with Crippen molar-refractivity contribution in [3.63, 3.8) is 0 Å². The molecular formula is C10H19N3OS. The van der Waals surface area contributed by atoms with E-state index < -0.39 is 5.60 Å². The second-order valence-electron chi connectivity index (χ2n) is 4.20. The van der Waals surface area contributed by atoms with E-state index in [9.17, 15) is 5.11 Å². The van der Waals surface area contributed by atoms with Crippen LogP contribution in [0.2, 0.25) is 0 Å². The molecular weight excluding hydrogens is 210 g/mol. The van der Waals surface area contributed by atoms with Gasteiger partial charge in [0.2, 0.25) is 0 Å². The minimum atomic E-state index is -0.836. The average Bonchev–Trinajstić information content (AvgIpc) is 2.51. The number of anilines is 1. The highest BCUT2D eigenvalue weighted by Gasteiger charge is 2.25. The number of aromatic nitrogens is 1.